The average molecular weight is 323 g/mol. The van der Waals surface area contributed by atoms with Gasteiger partial charge < -0.3 is 19.9 Å². The normalized spacial score (nSPS) is 14.5. The Morgan fingerprint density at radius 2 is 2.04 bits per heavy atom. The van der Waals surface area contributed by atoms with E-state index in [1.165, 1.54) is 17.0 Å². The summed E-state index contributed by atoms with van der Waals surface area (Å²) in [7, 11) is 3.87. The maximum Gasteiger partial charge on any atom is 0.260 e. The van der Waals surface area contributed by atoms with Crippen LogP contribution in [0.3, 0.4) is 0 Å². The van der Waals surface area contributed by atoms with Crippen LogP contribution in [0.25, 0.3) is 0 Å². The topological polar surface area (TPSA) is 61.9 Å². The van der Waals surface area contributed by atoms with Gasteiger partial charge in [0.05, 0.1) is 5.92 Å². The lowest BCUT2D eigenvalue weighted by Crippen LogP contribution is -2.57. The van der Waals surface area contributed by atoms with Gasteiger partial charge in [0.25, 0.3) is 5.91 Å². The zero-order chi connectivity index (χ0) is 16.8. The largest absolute Gasteiger partial charge is 0.481 e. The molecule has 1 aromatic carbocycles. The van der Waals surface area contributed by atoms with Gasteiger partial charge in [-0.15, -0.1) is 0 Å². The third-order valence-corrected chi connectivity index (χ3v) is 3.65. The highest BCUT2D eigenvalue weighted by atomic mass is 19.1. The Balaban J connectivity index is 1.67. The molecule has 0 aliphatic carbocycles. The number of para-hydroxylation sites is 1. The number of amides is 2. The van der Waals surface area contributed by atoms with Crippen molar-refractivity contribution in [1.82, 2.24) is 15.1 Å². The molecule has 0 unspecified atom stereocenters. The Morgan fingerprint density at radius 1 is 1.35 bits per heavy atom. The van der Waals surface area contributed by atoms with Crippen LogP contribution in [-0.2, 0) is 9.59 Å². The fourth-order valence-electron chi connectivity index (χ4n) is 2.19. The van der Waals surface area contributed by atoms with Crippen LogP contribution in [-0.4, -0.2) is 68.5 Å². The number of carbonyl (C=O) groups is 2. The second-order valence-corrected chi connectivity index (χ2v) is 5.81. The third kappa shape index (κ3) is 4.92. The highest BCUT2D eigenvalue weighted by Gasteiger charge is 2.35. The lowest BCUT2D eigenvalue weighted by Gasteiger charge is -2.38. The molecule has 0 bridgehead atoms. The molecule has 7 heteroatoms. The summed E-state index contributed by atoms with van der Waals surface area (Å²) >= 11 is 0. The first-order chi connectivity index (χ1) is 11.0. The molecule has 0 radical (unpaired) electrons. The summed E-state index contributed by atoms with van der Waals surface area (Å²) in [6, 6.07) is 5.94. The Bertz CT molecular complexity index is 559. The van der Waals surface area contributed by atoms with Gasteiger partial charge in [-0.05, 0) is 26.2 Å². The highest BCUT2D eigenvalue weighted by Crippen LogP contribution is 2.18. The monoisotopic (exact) mass is 323 g/mol. The number of hydrogen-bond donors (Lipinski definition) is 1. The van der Waals surface area contributed by atoms with Crippen molar-refractivity contribution in [2.75, 3.05) is 46.9 Å². The zero-order valence-electron chi connectivity index (χ0n) is 13.4. The predicted molar refractivity (Wildman–Crippen MR) is 83.5 cm³/mol. The van der Waals surface area contributed by atoms with Gasteiger partial charge in [0.1, 0.15) is 0 Å². The van der Waals surface area contributed by atoms with Crippen LogP contribution in [0, 0.1) is 11.7 Å². The first-order valence-corrected chi connectivity index (χ1v) is 7.55. The minimum absolute atomic E-state index is 0.0362. The van der Waals surface area contributed by atoms with Crippen LogP contribution in [0.15, 0.2) is 24.3 Å². The minimum Gasteiger partial charge on any atom is -0.481 e. The fourth-order valence-corrected chi connectivity index (χ4v) is 2.19. The molecule has 126 valence electrons. The number of nitrogens with zero attached hydrogens (tertiary/aromatic N) is 2. The maximum atomic E-state index is 13.4. The molecule has 23 heavy (non-hydrogen) atoms. The molecule has 0 aromatic heterocycles. The van der Waals surface area contributed by atoms with E-state index in [1.54, 1.807) is 12.1 Å². The van der Waals surface area contributed by atoms with E-state index in [4.69, 9.17) is 4.74 Å². The van der Waals surface area contributed by atoms with Crippen LogP contribution < -0.4 is 10.1 Å². The number of hydrogen-bond acceptors (Lipinski definition) is 4. The van der Waals surface area contributed by atoms with Crippen molar-refractivity contribution in [3.8, 4) is 5.75 Å². The molecular weight excluding hydrogens is 301 g/mol. The van der Waals surface area contributed by atoms with E-state index < -0.39 is 5.82 Å². The van der Waals surface area contributed by atoms with E-state index in [2.05, 4.69) is 5.32 Å². The number of carbonyl (C=O) groups excluding carboxylic acids is 2. The summed E-state index contributed by atoms with van der Waals surface area (Å²) in [5.41, 5.74) is 0. The zero-order valence-corrected chi connectivity index (χ0v) is 13.4. The number of halogens is 1. The van der Waals surface area contributed by atoms with E-state index in [-0.39, 0.29) is 30.1 Å². The van der Waals surface area contributed by atoms with Crippen molar-refractivity contribution < 1.29 is 18.7 Å². The molecule has 1 saturated heterocycles. The quantitative estimate of drug-likeness (QED) is 0.786. The second kappa shape index (κ2) is 7.92. The summed E-state index contributed by atoms with van der Waals surface area (Å²) in [6.45, 7) is 1.90. The van der Waals surface area contributed by atoms with E-state index in [0.717, 1.165) is 6.54 Å². The molecule has 2 rings (SSSR count). The van der Waals surface area contributed by atoms with Gasteiger partial charge in [-0.25, -0.2) is 4.39 Å². The number of ether oxygens (including phenoxy) is 1. The minimum atomic E-state index is -0.498. The standard InChI is InChI=1S/C16H22FN3O3/c1-19(2)8-7-18-16(22)12-9-20(10-12)15(21)11-23-14-6-4-3-5-13(14)17/h3-6,12H,7-11H2,1-2H3,(H,18,22). The van der Waals surface area contributed by atoms with E-state index in [0.29, 0.717) is 19.6 Å². The lowest BCUT2D eigenvalue weighted by atomic mass is 9.99. The van der Waals surface area contributed by atoms with Crippen LogP contribution >= 0.6 is 0 Å². The Morgan fingerprint density at radius 3 is 2.70 bits per heavy atom. The number of likely N-dealkylation sites (N-methyl/N-ethyl adjacent to an activating group) is 1. The van der Waals surface area contributed by atoms with Gasteiger partial charge in [0, 0.05) is 26.2 Å². The van der Waals surface area contributed by atoms with E-state index >= 15 is 0 Å². The molecular formula is C16H22FN3O3. The maximum absolute atomic E-state index is 13.4. The molecule has 1 N–H and O–H groups in total. The SMILES string of the molecule is CN(C)CCNC(=O)C1CN(C(=O)COc2ccccc2F)C1. The molecule has 1 aromatic rings. The van der Waals surface area contributed by atoms with Crippen LogP contribution in [0.4, 0.5) is 4.39 Å². The highest BCUT2D eigenvalue weighted by molar-refractivity contribution is 5.85. The van der Waals surface area contributed by atoms with Gasteiger partial charge in [-0.2, -0.15) is 0 Å². The van der Waals surface area contributed by atoms with Gasteiger partial charge >= 0.3 is 0 Å². The third-order valence-electron chi connectivity index (χ3n) is 3.65. The van der Waals surface area contributed by atoms with Gasteiger partial charge in [0.2, 0.25) is 5.91 Å². The fraction of sp³-hybridized carbons (Fsp3) is 0.500. The molecule has 1 fully saturated rings. The van der Waals surface area contributed by atoms with Crippen molar-refractivity contribution in [2.24, 2.45) is 5.92 Å². The van der Waals surface area contributed by atoms with E-state index in [9.17, 15) is 14.0 Å². The molecule has 0 spiro atoms. The number of benzene rings is 1. The summed E-state index contributed by atoms with van der Waals surface area (Å²) in [4.78, 5) is 27.3. The molecule has 0 saturated carbocycles. The summed E-state index contributed by atoms with van der Waals surface area (Å²) < 4.78 is 18.5. The molecule has 2 amide bonds. The first kappa shape index (κ1) is 17.2. The molecule has 6 nitrogen and oxygen atoms in total. The van der Waals surface area contributed by atoms with E-state index in [1.807, 2.05) is 19.0 Å². The number of likely N-dealkylation sites (tertiary alicyclic amines) is 1. The number of nitrogens with one attached hydrogen (secondary N) is 1. The van der Waals surface area contributed by atoms with Gasteiger partial charge in [-0.1, -0.05) is 12.1 Å². The molecule has 1 aliphatic rings. The second-order valence-electron chi connectivity index (χ2n) is 5.81. The lowest BCUT2D eigenvalue weighted by molar-refractivity contribution is -0.144. The van der Waals surface area contributed by atoms with Crippen molar-refractivity contribution in [1.29, 1.82) is 0 Å². The molecule has 1 heterocycles. The summed E-state index contributed by atoms with van der Waals surface area (Å²) in [5, 5.41) is 2.84. The number of rotatable bonds is 7. The smallest absolute Gasteiger partial charge is 0.260 e. The predicted octanol–water partition coefficient (Wildman–Crippen LogP) is 0.341. The van der Waals surface area contributed by atoms with Crippen molar-refractivity contribution in [2.45, 2.75) is 0 Å². The average Bonchev–Trinajstić information content (AvgIpc) is 2.44. The van der Waals surface area contributed by atoms with Gasteiger partial charge in [0.15, 0.2) is 18.2 Å². The van der Waals surface area contributed by atoms with Crippen LogP contribution in [0.1, 0.15) is 0 Å². The Labute approximate surface area is 135 Å². The van der Waals surface area contributed by atoms with Crippen molar-refractivity contribution in [3.63, 3.8) is 0 Å². The Kier molecular flexibility index (Phi) is 5.92. The first-order valence-electron chi connectivity index (χ1n) is 7.55. The summed E-state index contributed by atoms with van der Waals surface area (Å²) in [5.74, 6) is -0.896. The Hall–Kier alpha value is -2.15. The van der Waals surface area contributed by atoms with Gasteiger partial charge in [-0.3, -0.25) is 9.59 Å². The molecule has 1 aliphatic heterocycles. The van der Waals surface area contributed by atoms with Crippen LogP contribution in [0.5, 0.6) is 5.75 Å². The van der Waals surface area contributed by atoms with Crippen LogP contribution in [0.2, 0.25) is 0 Å². The molecule has 0 atom stereocenters. The van der Waals surface area contributed by atoms with Crippen molar-refractivity contribution >= 4 is 11.8 Å². The summed E-state index contributed by atoms with van der Waals surface area (Å²) in [6.07, 6.45) is 0. The van der Waals surface area contributed by atoms with Crippen molar-refractivity contribution in [3.05, 3.63) is 30.1 Å².